The number of aromatic nitrogens is 2. The molecule has 2 aliphatic heterocycles. The van der Waals surface area contributed by atoms with Crippen molar-refractivity contribution in [1.82, 2.24) is 19.2 Å². The zero-order valence-electron chi connectivity index (χ0n) is 26.9. The SMILES string of the molecule is CC(C)CN(C[C@@H](O)[C@H](Cc1ccccc1)NC(=O)O[C@H]1CO[C@H]2OCC[C@H]21)S(=O)(=O)c1ccc(N)c(NCCCn2ccnc2)c1. The quantitative estimate of drug-likeness (QED) is 0.131. The van der Waals surface area contributed by atoms with Crippen LogP contribution in [-0.4, -0.2) is 90.9 Å². The lowest BCUT2D eigenvalue weighted by Crippen LogP contribution is -2.51. The zero-order chi connectivity index (χ0) is 33.4. The highest BCUT2D eigenvalue weighted by atomic mass is 32.2. The Balaban J connectivity index is 1.29. The van der Waals surface area contributed by atoms with E-state index in [2.05, 4.69) is 15.6 Å². The number of benzene rings is 2. The number of ether oxygens (including phenoxy) is 3. The second kappa shape index (κ2) is 15.9. The molecule has 0 spiro atoms. The lowest BCUT2D eigenvalue weighted by atomic mass is 10.0. The molecule has 0 saturated carbocycles. The van der Waals surface area contributed by atoms with E-state index in [1.54, 1.807) is 18.6 Å². The summed E-state index contributed by atoms with van der Waals surface area (Å²) in [6.07, 6.45) is 4.32. The normalized spacial score (nSPS) is 20.7. The van der Waals surface area contributed by atoms with Crippen LogP contribution in [-0.2, 0) is 37.2 Å². The van der Waals surface area contributed by atoms with Gasteiger partial charge in [-0.1, -0.05) is 44.2 Å². The lowest BCUT2D eigenvalue weighted by molar-refractivity contribution is -0.0907. The Bertz CT molecular complexity index is 1540. The van der Waals surface area contributed by atoms with E-state index >= 15 is 0 Å². The van der Waals surface area contributed by atoms with E-state index in [0.29, 0.717) is 24.5 Å². The van der Waals surface area contributed by atoms with Gasteiger partial charge in [0.1, 0.15) is 6.10 Å². The van der Waals surface area contributed by atoms with E-state index in [1.807, 2.05) is 54.9 Å². The monoisotopic (exact) mass is 670 g/mol. The third-order valence-electron chi connectivity index (χ3n) is 8.40. The molecule has 13 nitrogen and oxygen atoms in total. The molecule has 2 aliphatic rings. The van der Waals surface area contributed by atoms with Crippen LogP contribution in [0.25, 0.3) is 0 Å². The van der Waals surface area contributed by atoms with Crippen LogP contribution >= 0.6 is 0 Å². The average molecular weight is 671 g/mol. The van der Waals surface area contributed by atoms with Crippen molar-refractivity contribution in [3.05, 3.63) is 72.8 Å². The molecule has 2 aromatic carbocycles. The van der Waals surface area contributed by atoms with E-state index in [0.717, 1.165) is 24.9 Å². The maximum Gasteiger partial charge on any atom is 0.407 e. The number of aliphatic hydroxyl groups excluding tert-OH is 1. The minimum atomic E-state index is -4.07. The Labute approximate surface area is 276 Å². The number of alkyl carbamates (subject to hydrolysis) is 1. The predicted molar refractivity (Wildman–Crippen MR) is 177 cm³/mol. The molecule has 3 aromatic rings. The molecule has 3 heterocycles. The maximum absolute atomic E-state index is 14.1. The molecule has 14 heteroatoms. The van der Waals surface area contributed by atoms with E-state index in [1.165, 1.54) is 16.4 Å². The minimum Gasteiger partial charge on any atom is -0.443 e. The molecule has 47 heavy (non-hydrogen) atoms. The minimum absolute atomic E-state index is 0.0408. The summed E-state index contributed by atoms with van der Waals surface area (Å²) in [5.41, 5.74) is 8.01. The van der Waals surface area contributed by atoms with Crippen LogP contribution in [0.5, 0.6) is 0 Å². The number of anilines is 2. The predicted octanol–water partition coefficient (Wildman–Crippen LogP) is 3.07. The van der Waals surface area contributed by atoms with Crippen LogP contribution in [0.15, 0.2) is 72.1 Å². The first kappa shape index (κ1) is 34.6. The number of sulfonamides is 1. The molecule has 0 unspecified atom stereocenters. The number of carbonyl (C=O) groups is 1. The van der Waals surface area contributed by atoms with Gasteiger partial charge < -0.3 is 40.3 Å². The molecule has 5 N–H and O–H groups in total. The largest absolute Gasteiger partial charge is 0.443 e. The van der Waals surface area contributed by atoms with Crippen molar-refractivity contribution in [2.24, 2.45) is 11.8 Å². The van der Waals surface area contributed by atoms with Crippen molar-refractivity contribution < 1.29 is 32.5 Å². The van der Waals surface area contributed by atoms with Crippen molar-refractivity contribution in [2.45, 2.75) is 69.1 Å². The smallest absolute Gasteiger partial charge is 0.407 e. The highest BCUT2D eigenvalue weighted by molar-refractivity contribution is 7.89. The van der Waals surface area contributed by atoms with E-state index in [-0.39, 0.29) is 49.1 Å². The first-order valence-electron chi connectivity index (χ1n) is 16.1. The molecule has 1 aromatic heterocycles. The molecule has 1 amide bonds. The van der Waals surface area contributed by atoms with Crippen LogP contribution in [0.2, 0.25) is 0 Å². The fraction of sp³-hybridized carbons (Fsp3) is 0.515. The zero-order valence-corrected chi connectivity index (χ0v) is 27.7. The second-order valence-electron chi connectivity index (χ2n) is 12.5. The van der Waals surface area contributed by atoms with Crippen LogP contribution in [0, 0.1) is 11.8 Å². The number of imidazole rings is 1. The molecule has 0 radical (unpaired) electrons. The van der Waals surface area contributed by atoms with Crippen molar-refractivity contribution >= 4 is 27.5 Å². The van der Waals surface area contributed by atoms with E-state index < -0.39 is 34.4 Å². The van der Waals surface area contributed by atoms with E-state index in [4.69, 9.17) is 19.9 Å². The summed E-state index contributed by atoms with van der Waals surface area (Å²) >= 11 is 0. The number of hydrogen-bond donors (Lipinski definition) is 4. The van der Waals surface area contributed by atoms with Crippen LogP contribution in [0.3, 0.4) is 0 Å². The summed E-state index contributed by atoms with van der Waals surface area (Å²) in [5, 5.41) is 17.6. The molecular formula is C33H46N6O7S. The summed E-state index contributed by atoms with van der Waals surface area (Å²) in [6, 6.07) is 13.1. The van der Waals surface area contributed by atoms with Gasteiger partial charge in [-0.2, -0.15) is 4.31 Å². The lowest BCUT2D eigenvalue weighted by Gasteiger charge is -2.31. The standard InChI is InChI=1S/C33H46N6O7S/c1-23(2)19-39(47(42,43)25-9-10-27(34)28(18-25)36-12-6-14-38-15-13-35-22-38)20-30(40)29(17-24-7-4-3-5-8-24)37-33(41)46-31-21-45-32-26(31)11-16-44-32/h3-5,7-10,13,15,18,22-23,26,29-32,36,40H,6,11-12,14,16-17,19-21,34H2,1-2H3,(H,37,41)/t26-,29-,30+,31-,32+/m0/s1. The van der Waals surface area contributed by atoms with Gasteiger partial charge in [0.2, 0.25) is 10.0 Å². The number of amides is 1. The molecular weight excluding hydrogens is 624 g/mol. The molecule has 2 saturated heterocycles. The summed E-state index contributed by atoms with van der Waals surface area (Å²) in [5.74, 6) is -0.0816. The highest BCUT2D eigenvalue weighted by Crippen LogP contribution is 2.33. The van der Waals surface area contributed by atoms with Crippen LogP contribution in [0.1, 0.15) is 32.3 Å². The molecule has 0 bridgehead atoms. The Kier molecular flexibility index (Phi) is 11.7. The summed E-state index contributed by atoms with van der Waals surface area (Å²) in [6.45, 7) is 5.83. The number of rotatable bonds is 16. The van der Waals surface area contributed by atoms with Gasteiger partial charge in [-0.15, -0.1) is 0 Å². The van der Waals surface area contributed by atoms with Crippen molar-refractivity contribution in [2.75, 3.05) is 43.9 Å². The molecule has 256 valence electrons. The number of aliphatic hydroxyl groups is 1. The number of nitrogens with two attached hydrogens (primary N) is 1. The number of nitrogens with zero attached hydrogens (tertiary/aromatic N) is 3. The number of carbonyl (C=O) groups excluding carboxylic acids is 1. The first-order chi connectivity index (χ1) is 22.6. The number of aryl methyl sites for hydroxylation is 1. The topological polar surface area (TPSA) is 170 Å². The van der Waals surface area contributed by atoms with Crippen LogP contribution < -0.4 is 16.4 Å². The van der Waals surface area contributed by atoms with Crippen molar-refractivity contribution in [1.29, 1.82) is 0 Å². The van der Waals surface area contributed by atoms with Crippen molar-refractivity contribution in [3.63, 3.8) is 0 Å². The Hall–Kier alpha value is -3.69. The third kappa shape index (κ3) is 9.23. The van der Waals surface area contributed by atoms with Gasteiger partial charge in [0.05, 0.1) is 53.9 Å². The van der Waals surface area contributed by atoms with E-state index in [9.17, 15) is 18.3 Å². The van der Waals surface area contributed by atoms with Gasteiger partial charge in [-0.25, -0.2) is 18.2 Å². The number of hydrogen-bond acceptors (Lipinski definition) is 10. The average Bonchev–Trinajstić information content (AvgIpc) is 3.81. The fourth-order valence-corrected chi connectivity index (χ4v) is 7.59. The van der Waals surface area contributed by atoms with Gasteiger partial charge in [0.15, 0.2) is 6.29 Å². The van der Waals surface area contributed by atoms with Gasteiger partial charge in [-0.05, 0) is 48.9 Å². The van der Waals surface area contributed by atoms with Crippen LogP contribution in [0.4, 0.5) is 16.2 Å². The molecule has 5 atom stereocenters. The van der Waals surface area contributed by atoms with Gasteiger partial charge in [-0.3, -0.25) is 0 Å². The van der Waals surface area contributed by atoms with Gasteiger partial charge in [0.25, 0.3) is 0 Å². The van der Waals surface area contributed by atoms with Crippen molar-refractivity contribution in [3.8, 4) is 0 Å². The fourth-order valence-electron chi connectivity index (χ4n) is 5.94. The third-order valence-corrected chi connectivity index (χ3v) is 10.2. The highest BCUT2D eigenvalue weighted by Gasteiger charge is 2.44. The number of nitrogens with one attached hydrogen (secondary N) is 2. The molecule has 2 fully saturated rings. The summed E-state index contributed by atoms with van der Waals surface area (Å²) in [4.78, 5) is 17.2. The Morgan fingerprint density at radius 3 is 2.74 bits per heavy atom. The second-order valence-corrected chi connectivity index (χ2v) is 14.5. The molecule has 0 aliphatic carbocycles. The van der Waals surface area contributed by atoms with Gasteiger partial charge in [0, 0.05) is 38.6 Å². The number of nitrogen functional groups attached to an aromatic ring is 1. The first-order valence-corrected chi connectivity index (χ1v) is 17.6. The maximum atomic E-state index is 14.1. The summed E-state index contributed by atoms with van der Waals surface area (Å²) in [7, 11) is -4.07. The summed E-state index contributed by atoms with van der Waals surface area (Å²) < 4.78 is 48.3. The molecule has 5 rings (SSSR count). The number of fused-ring (bicyclic) bond motifs is 1. The Morgan fingerprint density at radius 2 is 2.00 bits per heavy atom. The Morgan fingerprint density at radius 1 is 1.19 bits per heavy atom. The van der Waals surface area contributed by atoms with Gasteiger partial charge >= 0.3 is 6.09 Å².